The molecule has 102 valence electrons. The van der Waals surface area contributed by atoms with Gasteiger partial charge in [-0.2, -0.15) is 0 Å². The van der Waals surface area contributed by atoms with E-state index < -0.39 is 0 Å². The van der Waals surface area contributed by atoms with Crippen molar-refractivity contribution in [1.29, 1.82) is 0 Å². The van der Waals surface area contributed by atoms with E-state index in [1.807, 2.05) is 31.5 Å². The Morgan fingerprint density at radius 1 is 1.32 bits per heavy atom. The summed E-state index contributed by atoms with van der Waals surface area (Å²) in [6.07, 6.45) is 0.785. The maximum atomic E-state index is 12.5. The van der Waals surface area contributed by atoms with Gasteiger partial charge in [0.05, 0.1) is 17.9 Å². The van der Waals surface area contributed by atoms with Crippen molar-refractivity contribution in [2.24, 2.45) is 11.8 Å². The number of hydrogen-bond acceptors (Lipinski definition) is 4. The Morgan fingerprint density at radius 3 is 2.42 bits per heavy atom. The Bertz CT molecular complexity index is 476. The Morgan fingerprint density at radius 2 is 1.95 bits per heavy atom. The second kappa shape index (κ2) is 4.72. The fraction of sp³-hybridized carbons (Fsp3) is 0.571. The molecular formula is C14H18N2O2S. The summed E-state index contributed by atoms with van der Waals surface area (Å²) in [5, 5.41) is 2.00. The first kappa shape index (κ1) is 12.8. The lowest BCUT2D eigenvalue weighted by molar-refractivity contribution is -0.143. The molecule has 0 aromatic carbocycles. The van der Waals surface area contributed by atoms with E-state index in [0.717, 1.165) is 11.3 Å². The highest BCUT2D eigenvalue weighted by Crippen LogP contribution is 2.39. The molecule has 2 fully saturated rings. The minimum absolute atomic E-state index is 0.0274. The van der Waals surface area contributed by atoms with Gasteiger partial charge in [0.2, 0.25) is 11.8 Å². The first-order valence-corrected chi connectivity index (χ1v) is 7.60. The van der Waals surface area contributed by atoms with Crippen molar-refractivity contribution in [3.05, 3.63) is 22.4 Å². The molecular weight excluding hydrogens is 260 g/mol. The van der Waals surface area contributed by atoms with Gasteiger partial charge in [0.15, 0.2) is 0 Å². The molecule has 19 heavy (non-hydrogen) atoms. The molecule has 0 radical (unpaired) electrons. The molecule has 3 heterocycles. The zero-order valence-electron chi connectivity index (χ0n) is 11.2. The summed E-state index contributed by atoms with van der Waals surface area (Å²) in [7, 11) is 1.97. The SMILES string of the molecule is CCC(c1cccs1)N1C(=O)C2CN(C)CC2C1=O. The van der Waals surface area contributed by atoms with Crippen LogP contribution >= 0.6 is 11.3 Å². The minimum atomic E-state index is -0.119. The lowest BCUT2D eigenvalue weighted by Crippen LogP contribution is -2.37. The quantitative estimate of drug-likeness (QED) is 0.791. The van der Waals surface area contributed by atoms with Crippen LogP contribution in [0, 0.1) is 11.8 Å². The van der Waals surface area contributed by atoms with Gasteiger partial charge in [-0.3, -0.25) is 14.5 Å². The lowest BCUT2D eigenvalue weighted by atomic mass is 10.00. The molecule has 0 aliphatic carbocycles. The summed E-state index contributed by atoms with van der Waals surface area (Å²) < 4.78 is 0. The number of imide groups is 1. The number of carbonyl (C=O) groups excluding carboxylic acids is 2. The smallest absolute Gasteiger partial charge is 0.235 e. The van der Waals surface area contributed by atoms with E-state index in [-0.39, 0.29) is 29.7 Å². The fourth-order valence-electron chi connectivity index (χ4n) is 3.27. The zero-order valence-corrected chi connectivity index (χ0v) is 12.0. The summed E-state index contributed by atoms with van der Waals surface area (Å²) in [5.74, 6) is -0.183. The number of hydrogen-bond donors (Lipinski definition) is 0. The van der Waals surface area contributed by atoms with Gasteiger partial charge in [-0.1, -0.05) is 13.0 Å². The molecule has 0 spiro atoms. The summed E-state index contributed by atoms with van der Waals surface area (Å²) >= 11 is 1.62. The molecule has 0 bridgehead atoms. The van der Waals surface area contributed by atoms with Crippen LogP contribution in [-0.2, 0) is 9.59 Å². The molecule has 2 aliphatic heterocycles. The van der Waals surface area contributed by atoms with Crippen LogP contribution in [0.5, 0.6) is 0 Å². The molecule has 0 saturated carbocycles. The Balaban J connectivity index is 1.90. The predicted molar refractivity (Wildman–Crippen MR) is 73.7 cm³/mol. The predicted octanol–water partition coefficient (Wildman–Crippen LogP) is 1.75. The van der Waals surface area contributed by atoms with Crippen molar-refractivity contribution in [2.75, 3.05) is 20.1 Å². The molecule has 3 unspecified atom stereocenters. The second-order valence-corrected chi connectivity index (χ2v) is 6.40. The molecule has 4 nitrogen and oxygen atoms in total. The van der Waals surface area contributed by atoms with Gasteiger partial charge in [0, 0.05) is 18.0 Å². The van der Waals surface area contributed by atoms with Crippen LogP contribution in [0.2, 0.25) is 0 Å². The van der Waals surface area contributed by atoms with Crippen molar-refractivity contribution in [3.63, 3.8) is 0 Å². The highest BCUT2D eigenvalue weighted by atomic mass is 32.1. The van der Waals surface area contributed by atoms with Crippen LogP contribution in [0.25, 0.3) is 0 Å². The normalized spacial score (nSPS) is 29.1. The molecule has 5 heteroatoms. The van der Waals surface area contributed by atoms with E-state index in [2.05, 4.69) is 4.90 Å². The Hall–Kier alpha value is -1.20. The fourth-order valence-corrected chi connectivity index (χ4v) is 4.17. The summed E-state index contributed by atoms with van der Waals surface area (Å²) in [6, 6.07) is 3.91. The molecule has 2 saturated heterocycles. The van der Waals surface area contributed by atoms with Gasteiger partial charge in [-0.05, 0) is 24.9 Å². The standard InChI is InChI=1S/C14H18N2O2S/c1-3-11(12-5-4-6-19-12)16-13(17)9-7-15(2)8-10(9)14(16)18/h4-6,9-11H,3,7-8H2,1-2H3. The first-order valence-electron chi connectivity index (χ1n) is 6.72. The van der Waals surface area contributed by atoms with Gasteiger partial charge in [0.25, 0.3) is 0 Å². The maximum Gasteiger partial charge on any atom is 0.235 e. The van der Waals surface area contributed by atoms with Crippen LogP contribution in [-0.4, -0.2) is 41.8 Å². The third-order valence-corrected chi connectivity index (χ3v) is 5.16. The minimum Gasteiger partial charge on any atom is -0.305 e. The third kappa shape index (κ3) is 1.92. The highest BCUT2D eigenvalue weighted by molar-refractivity contribution is 7.10. The topological polar surface area (TPSA) is 40.6 Å². The zero-order chi connectivity index (χ0) is 13.6. The number of thiophene rings is 1. The van der Waals surface area contributed by atoms with Crippen molar-refractivity contribution in [2.45, 2.75) is 19.4 Å². The number of amides is 2. The van der Waals surface area contributed by atoms with Crippen LogP contribution in [0.15, 0.2) is 17.5 Å². The Kier molecular flexibility index (Phi) is 3.19. The molecule has 3 rings (SSSR count). The summed E-state index contributed by atoms with van der Waals surface area (Å²) in [4.78, 5) is 29.8. The van der Waals surface area contributed by atoms with Crippen molar-refractivity contribution < 1.29 is 9.59 Å². The molecule has 0 N–H and O–H groups in total. The van der Waals surface area contributed by atoms with Gasteiger partial charge in [-0.15, -0.1) is 11.3 Å². The van der Waals surface area contributed by atoms with E-state index in [1.165, 1.54) is 4.90 Å². The van der Waals surface area contributed by atoms with Crippen molar-refractivity contribution in [3.8, 4) is 0 Å². The number of rotatable bonds is 3. The van der Waals surface area contributed by atoms with Crippen LogP contribution in [0.1, 0.15) is 24.3 Å². The van der Waals surface area contributed by atoms with E-state index in [1.54, 1.807) is 11.3 Å². The summed E-state index contributed by atoms with van der Waals surface area (Å²) in [6.45, 7) is 3.46. The largest absolute Gasteiger partial charge is 0.305 e. The molecule has 2 amide bonds. The first-order chi connectivity index (χ1) is 9.13. The Labute approximate surface area is 117 Å². The lowest BCUT2D eigenvalue weighted by Gasteiger charge is -2.26. The van der Waals surface area contributed by atoms with Crippen LogP contribution in [0.4, 0.5) is 0 Å². The average Bonchev–Trinajstić information content (AvgIpc) is 3.06. The second-order valence-electron chi connectivity index (χ2n) is 5.42. The monoisotopic (exact) mass is 278 g/mol. The van der Waals surface area contributed by atoms with Gasteiger partial charge < -0.3 is 4.90 Å². The molecule has 3 atom stereocenters. The number of nitrogens with zero attached hydrogens (tertiary/aromatic N) is 2. The third-order valence-electron chi connectivity index (χ3n) is 4.18. The van der Waals surface area contributed by atoms with Gasteiger partial charge in [0.1, 0.15) is 0 Å². The molecule has 1 aromatic rings. The van der Waals surface area contributed by atoms with E-state index in [4.69, 9.17) is 0 Å². The van der Waals surface area contributed by atoms with Crippen molar-refractivity contribution in [1.82, 2.24) is 9.80 Å². The van der Waals surface area contributed by atoms with Crippen molar-refractivity contribution >= 4 is 23.2 Å². The van der Waals surface area contributed by atoms with Crippen LogP contribution in [0.3, 0.4) is 0 Å². The van der Waals surface area contributed by atoms with Gasteiger partial charge in [-0.25, -0.2) is 0 Å². The summed E-state index contributed by atoms with van der Waals surface area (Å²) in [5.41, 5.74) is 0. The number of fused-ring (bicyclic) bond motifs is 1. The van der Waals surface area contributed by atoms with E-state index in [9.17, 15) is 9.59 Å². The molecule has 2 aliphatic rings. The van der Waals surface area contributed by atoms with E-state index >= 15 is 0 Å². The highest BCUT2D eigenvalue weighted by Gasteiger charge is 2.53. The number of likely N-dealkylation sites (tertiary alicyclic amines) is 2. The average molecular weight is 278 g/mol. The number of carbonyl (C=O) groups is 2. The maximum absolute atomic E-state index is 12.5. The molecule has 1 aromatic heterocycles. The van der Waals surface area contributed by atoms with E-state index in [0.29, 0.717) is 13.1 Å². The van der Waals surface area contributed by atoms with Crippen LogP contribution < -0.4 is 0 Å². The van der Waals surface area contributed by atoms with Gasteiger partial charge >= 0.3 is 0 Å².